The maximum absolute atomic E-state index is 15.1. The number of hydrogen-bond acceptors (Lipinski definition) is 9. The van der Waals surface area contributed by atoms with E-state index in [-0.39, 0.29) is 59.6 Å². The number of likely N-dealkylation sites (tertiary alicyclic amines) is 1. The van der Waals surface area contributed by atoms with Crippen LogP contribution in [0.5, 0.6) is 5.75 Å². The van der Waals surface area contributed by atoms with Gasteiger partial charge in [-0.2, -0.15) is 0 Å². The van der Waals surface area contributed by atoms with Gasteiger partial charge in [-0.05, 0) is 108 Å². The molecule has 1 unspecified atom stereocenters. The SMILES string of the molecule is C=CCOC(=O)N1CCC[C@H]1C(=O)N[C@H](C(=O)Cc1ccc(COC(=O)N2c3cc(O[Si](C(C)C)(C(C)C)C(C)C)c(C)cc3C(=O)N3CC4(CC4)C[C@H]3C2O[Si](C)(C)C(C)(C)C)cc1)[C@@H](C)CC. The molecule has 1 N–H and O–H groups in total. The Morgan fingerprint density at radius 2 is 1.55 bits per heavy atom. The van der Waals surface area contributed by atoms with Crippen molar-refractivity contribution in [2.24, 2.45) is 11.3 Å². The lowest BCUT2D eigenvalue weighted by molar-refractivity contribution is -0.131. The Hall–Kier alpha value is -4.48. The van der Waals surface area contributed by atoms with Crippen molar-refractivity contribution < 1.29 is 42.3 Å². The van der Waals surface area contributed by atoms with E-state index in [1.807, 2.05) is 62.1 Å². The highest BCUT2D eigenvalue weighted by atomic mass is 28.4. The number of fused-ring (bicyclic) bond motifs is 2. The summed E-state index contributed by atoms with van der Waals surface area (Å²) in [7, 11) is -5.04. The monoisotopic (exact) mass is 987 g/mol. The molecule has 1 saturated carbocycles. The van der Waals surface area contributed by atoms with Gasteiger partial charge in [0, 0.05) is 25.6 Å². The van der Waals surface area contributed by atoms with Gasteiger partial charge < -0.3 is 28.5 Å². The van der Waals surface area contributed by atoms with Crippen LogP contribution in [0.4, 0.5) is 15.3 Å². The topological polar surface area (TPSA) is 144 Å². The molecule has 3 fully saturated rings. The second kappa shape index (κ2) is 21.1. The molecular weight excluding hydrogens is 905 g/mol. The molecule has 4 amide bonds. The number of nitrogens with one attached hydrogen (secondary N) is 1. The molecule has 2 aromatic rings. The van der Waals surface area contributed by atoms with E-state index in [0.717, 1.165) is 36.0 Å². The maximum atomic E-state index is 15.1. The van der Waals surface area contributed by atoms with Crippen molar-refractivity contribution in [1.29, 1.82) is 0 Å². The van der Waals surface area contributed by atoms with Crippen molar-refractivity contribution in [2.75, 3.05) is 24.6 Å². The molecule has 0 aromatic heterocycles. The number of ether oxygens (including phenoxy) is 2. The molecule has 3 heterocycles. The van der Waals surface area contributed by atoms with Gasteiger partial charge in [-0.15, -0.1) is 0 Å². The van der Waals surface area contributed by atoms with Crippen LogP contribution in [-0.2, 0) is 36.5 Å². The van der Waals surface area contributed by atoms with E-state index in [2.05, 4.69) is 87.3 Å². The first-order chi connectivity index (χ1) is 32.3. The summed E-state index contributed by atoms with van der Waals surface area (Å²) in [5, 5.41) is 2.79. The fourth-order valence-corrected chi connectivity index (χ4v) is 17.4. The van der Waals surface area contributed by atoms with Gasteiger partial charge in [0.2, 0.25) is 5.91 Å². The molecule has 1 aliphatic carbocycles. The molecule has 2 aromatic carbocycles. The second-order valence-electron chi connectivity index (χ2n) is 23.0. The van der Waals surface area contributed by atoms with E-state index in [0.29, 0.717) is 66.0 Å². The average Bonchev–Trinajstić information content (AvgIpc) is 3.68. The highest BCUT2D eigenvalue weighted by Gasteiger charge is 2.60. The van der Waals surface area contributed by atoms with Crippen molar-refractivity contribution in [3.63, 3.8) is 0 Å². The summed E-state index contributed by atoms with van der Waals surface area (Å²) in [5.41, 5.74) is 4.14. The number of hydrogen-bond donors (Lipinski definition) is 1. The number of ketones is 1. The zero-order valence-electron chi connectivity index (χ0n) is 44.2. The van der Waals surface area contributed by atoms with Crippen LogP contribution in [-0.4, -0.2) is 100 Å². The van der Waals surface area contributed by atoms with Crippen LogP contribution in [0, 0.1) is 18.3 Å². The smallest absolute Gasteiger partial charge is 0.416 e. The molecule has 6 rings (SSSR count). The summed E-state index contributed by atoms with van der Waals surface area (Å²) in [6, 6.07) is 9.39. The van der Waals surface area contributed by atoms with Gasteiger partial charge in [0.1, 0.15) is 25.0 Å². The lowest BCUT2D eigenvalue weighted by atomic mass is 9.91. The highest BCUT2D eigenvalue weighted by molar-refractivity contribution is 6.78. The van der Waals surface area contributed by atoms with Gasteiger partial charge in [0.15, 0.2) is 20.3 Å². The Labute approximate surface area is 414 Å². The summed E-state index contributed by atoms with van der Waals surface area (Å²) in [4.78, 5) is 75.3. The molecule has 3 aliphatic heterocycles. The Balaban J connectivity index is 1.28. The summed E-state index contributed by atoms with van der Waals surface area (Å²) < 4.78 is 26.2. The van der Waals surface area contributed by atoms with Crippen LogP contribution >= 0.6 is 0 Å². The van der Waals surface area contributed by atoms with Gasteiger partial charge in [0.05, 0.1) is 23.3 Å². The molecule has 13 nitrogen and oxygen atoms in total. The van der Waals surface area contributed by atoms with Gasteiger partial charge in [-0.25, -0.2) is 14.5 Å². The molecular formula is C54H82N4O9Si2. The van der Waals surface area contributed by atoms with Gasteiger partial charge >= 0.3 is 12.2 Å². The number of carbonyl (C=O) groups excluding carboxylic acids is 5. The maximum Gasteiger partial charge on any atom is 0.416 e. The summed E-state index contributed by atoms with van der Waals surface area (Å²) in [6.45, 7) is 34.9. The minimum absolute atomic E-state index is 0.0269. The third-order valence-corrected chi connectivity index (χ3v) is 26.7. The highest BCUT2D eigenvalue weighted by Crippen LogP contribution is 2.58. The minimum Gasteiger partial charge on any atom is -0.542 e. The summed E-state index contributed by atoms with van der Waals surface area (Å²) >= 11 is 0. The van der Waals surface area contributed by atoms with Gasteiger partial charge in [0.25, 0.3) is 14.2 Å². The normalized spacial score (nSPS) is 21.0. The van der Waals surface area contributed by atoms with Crippen molar-refractivity contribution in [3.8, 4) is 5.75 Å². The lowest BCUT2D eigenvalue weighted by Crippen LogP contribution is -2.58. The molecule has 69 heavy (non-hydrogen) atoms. The van der Waals surface area contributed by atoms with Crippen LogP contribution in [0.2, 0.25) is 34.8 Å². The van der Waals surface area contributed by atoms with Crippen molar-refractivity contribution in [2.45, 2.75) is 194 Å². The van der Waals surface area contributed by atoms with Crippen molar-refractivity contribution in [3.05, 3.63) is 71.3 Å². The first-order valence-corrected chi connectivity index (χ1v) is 30.6. The number of nitrogens with zero attached hydrogens (tertiary/aromatic N) is 3. The van der Waals surface area contributed by atoms with E-state index in [1.54, 1.807) is 4.90 Å². The summed E-state index contributed by atoms with van der Waals surface area (Å²) in [5.74, 6) is -0.0682. The number of anilines is 1. The van der Waals surface area contributed by atoms with E-state index < -0.39 is 47.1 Å². The number of Topliss-reactive ketones (excluding diaryl/α,β-unsaturated/α-hetero) is 1. The number of rotatable bonds is 18. The fraction of sp³-hybridized carbons (Fsp3) is 0.648. The molecule has 380 valence electrons. The number of aryl methyl sites for hydroxylation is 1. The first-order valence-electron chi connectivity index (χ1n) is 25.5. The van der Waals surface area contributed by atoms with E-state index in [4.69, 9.17) is 18.3 Å². The van der Waals surface area contributed by atoms with Crippen LogP contribution in [0.3, 0.4) is 0 Å². The van der Waals surface area contributed by atoms with E-state index >= 15 is 4.79 Å². The molecule has 4 aliphatic rings. The summed E-state index contributed by atoms with van der Waals surface area (Å²) in [6.07, 6.45) is 4.22. The third-order valence-electron chi connectivity index (χ3n) is 16.3. The minimum atomic E-state index is -2.58. The largest absolute Gasteiger partial charge is 0.542 e. The lowest BCUT2D eigenvalue weighted by Gasteiger charge is -2.44. The predicted octanol–water partition coefficient (Wildman–Crippen LogP) is 11.5. The zero-order chi connectivity index (χ0) is 51.0. The van der Waals surface area contributed by atoms with Crippen LogP contribution in [0.1, 0.15) is 142 Å². The zero-order valence-corrected chi connectivity index (χ0v) is 46.2. The molecule has 0 radical (unpaired) electrons. The molecule has 2 saturated heterocycles. The van der Waals surface area contributed by atoms with Crippen LogP contribution < -0.4 is 14.6 Å². The standard InChI is InChI=1S/C54H82N4O9Si2/c1-16-27-64-51(62)56-26-18-19-42(56)48(60)55-47(37(9)17-2)45(59)29-39-20-22-40(23-21-39)32-65-52(63)58-43-30-46(66-69(34(3)4,35(5)6)36(7)8)38(10)28-41(43)49(61)57-33-54(24-25-54)31-44(57)50(58)67-68(14,15)53(11,12)13/h16,20-23,28,30,34-37,42,44,47,50H,1,17-19,24-27,29,31-33H2,2-15H3,(H,55,60)/t37-,42-,44-,47-,50?/m0/s1. The van der Waals surface area contributed by atoms with E-state index in [1.165, 1.54) is 11.0 Å². The van der Waals surface area contributed by atoms with Crippen LogP contribution in [0.25, 0.3) is 0 Å². The first kappa shape index (κ1) is 53.9. The quantitative estimate of drug-likeness (QED) is 0.114. The Morgan fingerprint density at radius 3 is 2.12 bits per heavy atom. The molecule has 15 heteroatoms. The van der Waals surface area contributed by atoms with Gasteiger partial charge in [-0.1, -0.05) is 120 Å². The van der Waals surface area contributed by atoms with Crippen molar-refractivity contribution >= 4 is 52.1 Å². The second-order valence-corrected chi connectivity index (χ2v) is 33.1. The average molecular weight is 987 g/mol. The van der Waals surface area contributed by atoms with Crippen LogP contribution in [0.15, 0.2) is 49.1 Å². The molecule has 5 atom stereocenters. The van der Waals surface area contributed by atoms with Gasteiger partial charge in [-0.3, -0.25) is 19.3 Å². The fourth-order valence-electron chi connectivity index (χ4n) is 10.9. The number of amides is 4. The Kier molecular flexibility index (Phi) is 16.5. The number of carbonyl (C=O) groups is 5. The predicted molar refractivity (Wildman–Crippen MR) is 277 cm³/mol. The van der Waals surface area contributed by atoms with E-state index in [9.17, 15) is 19.2 Å². The number of benzene rings is 2. The Bertz CT molecular complexity index is 2210. The van der Waals surface area contributed by atoms with Crippen molar-refractivity contribution in [1.82, 2.24) is 15.1 Å². The molecule has 1 spiro atoms. The molecule has 0 bridgehead atoms. The Morgan fingerprint density at radius 1 is 0.928 bits per heavy atom. The third kappa shape index (κ3) is 11.2.